The molecule has 2 fully saturated rings. The van der Waals surface area contributed by atoms with E-state index in [1.807, 2.05) is 45.9 Å². The van der Waals surface area contributed by atoms with E-state index in [1.54, 1.807) is 4.90 Å². The monoisotopic (exact) mass is 566 g/mol. The second kappa shape index (κ2) is 13.3. The predicted octanol–water partition coefficient (Wildman–Crippen LogP) is 3.82. The van der Waals surface area contributed by atoms with Gasteiger partial charge in [0.25, 0.3) is 5.91 Å². The number of carbonyl (C=O) groups is 4. The van der Waals surface area contributed by atoms with Crippen LogP contribution < -0.4 is 16.0 Å². The van der Waals surface area contributed by atoms with Crippen molar-refractivity contribution >= 4 is 23.5 Å². The van der Waals surface area contributed by atoms with E-state index in [1.165, 1.54) is 11.6 Å². The summed E-state index contributed by atoms with van der Waals surface area (Å²) in [5, 5.41) is 8.89. The molecule has 0 bridgehead atoms. The highest BCUT2D eigenvalue weighted by Crippen LogP contribution is 2.65. The first kappa shape index (κ1) is 32.5. The molecule has 1 saturated carbocycles. The van der Waals surface area contributed by atoms with Crippen molar-refractivity contribution in [1.29, 1.82) is 0 Å². The van der Waals surface area contributed by atoms with E-state index in [9.17, 15) is 19.2 Å². The van der Waals surface area contributed by atoms with Gasteiger partial charge in [0.15, 0.2) is 0 Å². The van der Waals surface area contributed by atoms with Gasteiger partial charge in [-0.25, -0.2) is 0 Å². The Morgan fingerprint density at radius 3 is 2.37 bits per heavy atom. The van der Waals surface area contributed by atoms with Crippen LogP contribution >= 0.6 is 0 Å². The van der Waals surface area contributed by atoms with Crippen LogP contribution in [0.15, 0.2) is 43.0 Å². The summed E-state index contributed by atoms with van der Waals surface area (Å²) in [4.78, 5) is 55.0. The van der Waals surface area contributed by atoms with Gasteiger partial charge in [0.05, 0.1) is 12.1 Å². The molecular weight excluding hydrogens is 516 g/mol. The third-order valence-corrected chi connectivity index (χ3v) is 9.01. The highest BCUT2D eigenvalue weighted by molar-refractivity contribution is 6.38. The van der Waals surface area contributed by atoms with Gasteiger partial charge in [0.1, 0.15) is 6.04 Å². The van der Waals surface area contributed by atoms with Crippen molar-refractivity contribution in [2.75, 3.05) is 19.6 Å². The van der Waals surface area contributed by atoms with Crippen molar-refractivity contribution in [3.63, 3.8) is 0 Å². The lowest BCUT2D eigenvalue weighted by atomic mass is 9.85. The third-order valence-electron chi connectivity index (χ3n) is 9.01. The van der Waals surface area contributed by atoms with Gasteiger partial charge in [-0.1, -0.05) is 91.3 Å². The lowest BCUT2D eigenvalue weighted by Crippen LogP contribution is -2.60. The lowest BCUT2D eigenvalue weighted by molar-refractivity contribution is -0.145. The molecule has 1 aliphatic heterocycles. The number of nitrogens with one attached hydrogen (secondary N) is 3. The second-order valence-electron chi connectivity index (χ2n) is 13.5. The number of benzene rings is 1. The van der Waals surface area contributed by atoms with Crippen molar-refractivity contribution in [2.24, 2.45) is 22.7 Å². The quantitative estimate of drug-likeness (QED) is 0.234. The van der Waals surface area contributed by atoms with E-state index in [0.717, 1.165) is 6.42 Å². The van der Waals surface area contributed by atoms with E-state index in [-0.39, 0.29) is 41.0 Å². The fourth-order valence-electron chi connectivity index (χ4n) is 6.36. The van der Waals surface area contributed by atoms with Crippen LogP contribution in [0.2, 0.25) is 0 Å². The average Bonchev–Trinajstić information content (AvgIpc) is 3.24. The van der Waals surface area contributed by atoms with Gasteiger partial charge in [-0.3, -0.25) is 19.2 Å². The van der Waals surface area contributed by atoms with Crippen molar-refractivity contribution in [3.05, 3.63) is 48.6 Å². The van der Waals surface area contributed by atoms with Crippen molar-refractivity contribution < 1.29 is 19.2 Å². The molecule has 1 aromatic rings. The largest absolute Gasteiger partial charge is 0.346 e. The van der Waals surface area contributed by atoms with Crippen LogP contribution in [0.4, 0.5) is 0 Å². The van der Waals surface area contributed by atoms with Gasteiger partial charge in [-0.05, 0) is 53.5 Å². The van der Waals surface area contributed by atoms with Crippen molar-refractivity contribution in [2.45, 2.75) is 91.8 Å². The highest BCUT2D eigenvalue weighted by Gasteiger charge is 2.69. The number of amides is 3. The maximum Gasteiger partial charge on any atom is 0.289 e. The minimum Gasteiger partial charge on any atom is -0.346 e. The summed E-state index contributed by atoms with van der Waals surface area (Å²) in [6, 6.07) is 8.24. The molecule has 0 radical (unpaired) electrons. The summed E-state index contributed by atoms with van der Waals surface area (Å²) in [5.41, 5.74) is 0.821. The second-order valence-corrected chi connectivity index (χ2v) is 13.5. The number of hydrogen-bond donors (Lipinski definition) is 3. The Morgan fingerprint density at radius 1 is 1.12 bits per heavy atom. The minimum atomic E-state index is -0.939. The Hall–Kier alpha value is -3.00. The van der Waals surface area contributed by atoms with E-state index in [0.29, 0.717) is 31.8 Å². The van der Waals surface area contributed by atoms with Crippen LogP contribution in [0.25, 0.3) is 0 Å². The maximum atomic E-state index is 14.1. The predicted molar refractivity (Wildman–Crippen MR) is 162 cm³/mol. The van der Waals surface area contributed by atoms with Crippen molar-refractivity contribution in [1.82, 2.24) is 20.9 Å². The number of hydrogen-bond acceptors (Lipinski definition) is 5. The number of ketones is 1. The highest BCUT2D eigenvalue weighted by atomic mass is 16.2. The molecule has 0 spiro atoms. The Bertz CT molecular complexity index is 1110. The zero-order valence-corrected chi connectivity index (χ0v) is 26.0. The van der Waals surface area contributed by atoms with Crippen LogP contribution in [0.3, 0.4) is 0 Å². The summed E-state index contributed by atoms with van der Waals surface area (Å²) in [6.45, 7) is 19.4. The average molecular weight is 567 g/mol. The topological polar surface area (TPSA) is 108 Å². The Balaban J connectivity index is 1.75. The molecule has 3 rings (SSSR count). The zero-order valence-electron chi connectivity index (χ0n) is 26.0. The Kier molecular flexibility index (Phi) is 10.6. The molecule has 41 heavy (non-hydrogen) atoms. The molecule has 8 heteroatoms. The molecule has 1 heterocycles. The first-order chi connectivity index (χ1) is 19.2. The lowest BCUT2D eigenvalue weighted by Gasteiger charge is -2.38. The van der Waals surface area contributed by atoms with E-state index in [4.69, 9.17) is 0 Å². The SMILES string of the molecule is C=CCNC(=O)C(=O)C(CCC)NC(=O)[C@@H]1C2C(CN1C(=O)C(NCCC(C)c1ccccc1)C(C)(C)C)C2(C)C. The van der Waals surface area contributed by atoms with E-state index < -0.39 is 29.8 Å². The molecule has 3 N–H and O–H groups in total. The Morgan fingerprint density at radius 2 is 1.78 bits per heavy atom. The molecule has 226 valence electrons. The van der Waals surface area contributed by atoms with Crippen LogP contribution in [0, 0.1) is 22.7 Å². The van der Waals surface area contributed by atoms with Gasteiger partial charge in [0.2, 0.25) is 17.6 Å². The molecular formula is C33H50N4O4. The maximum absolute atomic E-state index is 14.1. The normalized spacial score (nSPS) is 23.1. The zero-order chi connectivity index (χ0) is 30.5. The van der Waals surface area contributed by atoms with Gasteiger partial charge < -0.3 is 20.9 Å². The van der Waals surface area contributed by atoms with Crippen molar-refractivity contribution in [3.8, 4) is 0 Å². The molecule has 5 unspecified atom stereocenters. The van der Waals surface area contributed by atoms with Crippen LogP contribution in [0.1, 0.15) is 79.2 Å². The molecule has 8 nitrogen and oxygen atoms in total. The first-order valence-electron chi connectivity index (χ1n) is 15.1. The van der Waals surface area contributed by atoms with Gasteiger partial charge >= 0.3 is 0 Å². The number of rotatable bonds is 14. The van der Waals surface area contributed by atoms with Crippen LogP contribution in [0.5, 0.6) is 0 Å². The van der Waals surface area contributed by atoms with E-state index >= 15 is 0 Å². The van der Waals surface area contributed by atoms with E-state index in [2.05, 4.69) is 55.4 Å². The van der Waals surface area contributed by atoms with Crippen LogP contribution in [-0.4, -0.2) is 66.2 Å². The van der Waals surface area contributed by atoms with Gasteiger partial charge in [-0.15, -0.1) is 6.58 Å². The summed E-state index contributed by atoms with van der Waals surface area (Å²) in [6.07, 6.45) is 3.34. The molecule has 0 aromatic heterocycles. The summed E-state index contributed by atoms with van der Waals surface area (Å²) in [7, 11) is 0. The summed E-state index contributed by atoms with van der Waals surface area (Å²) >= 11 is 0. The molecule has 1 aromatic carbocycles. The minimum absolute atomic E-state index is 0.0112. The summed E-state index contributed by atoms with van der Waals surface area (Å²) < 4.78 is 0. The molecule has 1 saturated heterocycles. The molecule has 2 aliphatic rings. The molecule has 1 aliphatic carbocycles. The fraction of sp³-hybridized carbons (Fsp3) is 0.636. The molecule has 6 atom stereocenters. The number of likely N-dealkylation sites (tertiary alicyclic amines) is 1. The fourth-order valence-corrected chi connectivity index (χ4v) is 6.36. The number of Topliss-reactive ketones (excluding diaryl/α,β-unsaturated/α-hetero) is 1. The first-order valence-corrected chi connectivity index (χ1v) is 15.1. The molecule has 3 amide bonds. The number of fused-ring (bicyclic) bond motifs is 1. The smallest absolute Gasteiger partial charge is 0.289 e. The summed E-state index contributed by atoms with van der Waals surface area (Å²) in [5.74, 6) is -1.29. The van der Waals surface area contributed by atoms with Gasteiger partial charge in [-0.2, -0.15) is 0 Å². The van der Waals surface area contributed by atoms with Gasteiger partial charge in [0, 0.05) is 13.1 Å². The number of nitrogens with zero attached hydrogens (tertiary/aromatic N) is 1. The number of piperidine rings is 1. The third kappa shape index (κ3) is 7.45. The Labute approximate surface area is 246 Å². The number of carbonyl (C=O) groups excluding carboxylic acids is 4. The van der Waals surface area contributed by atoms with Crippen LogP contribution in [-0.2, 0) is 19.2 Å². The standard InChI is InChI=1S/C33H50N4O4/c1-9-14-24(27(38)30(40)35-18-10-2)36-29(39)26-25-23(33(25,7)8)20-37(26)31(41)28(32(4,5)6)34-19-17-21(3)22-15-12-11-13-16-22/h10-13,15-16,21,23-26,28,34H,2,9,14,17-20H2,1,3-8H3,(H,35,40)(H,36,39)/t21?,23?,24?,25?,26-,28?/m0/s1.